The molecule has 1 atom stereocenters. The molecule has 1 aromatic carbocycles. The maximum Gasteiger partial charge on any atom is 0.408 e. The van der Waals surface area contributed by atoms with Crippen molar-refractivity contribution >= 4 is 28.0 Å². The van der Waals surface area contributed by atoms with Crippen molar-refractivity contribution in [3.8, 4) is 0 Å². The highest BCUT2D eigenvalue weighted by Gasteiger charge is 2.28. The van der Waals surface area contributed by atoms with Gasteiger partial charge >= 0.3 is 12.1 Å². The SMILES string of the molecule is CC(C)C(NC(=O)OC(C)(C)C)C(=O)OCc1ccc(Br)cc1. The summed E-state index contributed by atoms with van der Waals surface area (Å²) < 4.78 is 11.4. The van der Waals surface area contributed by atoms with Crippen LogP contribution in [0.3, 0.4) is 0 Å². The molecule has 1 amide bonds. The molecular weight excluding hydrogens is 362 g/mol. The second-order valence-corrected chi connectivity index (χ2v) is 7.52. The van der Waals surface area contributed by atoms with E-state index < -0.39 is 23.7 Å². The molecule has 6 heteroatoms. The van der Waals surface area contributed by atoms with Crippen LogP contribution in [0.2, 0.25) is 0 Å². The van der Waals surface area contributed by atoms with Gasteiger partial charge in [-0.1, -0.05) is 41.9 Å². The van der Waals surface area contributed by atoms with E-state index in [1.807, 2.05) is 38.1 Å². The molecule has 0 saturated carbocycles. The third-order valence-electron chi connectivity index (χ3n) is 2.89. The highest BCUT2D eigenvalue weighted by molar-refractivity contribution is 9.10. The van der Waals surface area contributed by atoms with Crippen LogP contribution in [0.5, 0.6) is 0 Å². The average molecular weight is 386 g/mol. The highest BCUT2D eigenvalue weighted by Crippen LogP contribution is 2.13. The first kappa shape index (κ1) is 19.5. The largest absolute Gasteiger partial charge is 0.459 e. The second kappa shape index (κ2) is 8.34. The van der Waals surface area contributed by atoms with Crippen molar-refractivity contribution in [2.45, 2.75) is 52.9 Å². The number of halogens is 1. The van der Waals surface area contributed by atoms with Crippen molar-refractivity contribution in [1.29, 1.82) is 0 Å². The Labute approximate surface area is 145 Å². The van der Waals surface area contributed by atoms with Crippen molar-refractivity contribution < 1.29 is 19.1 Å². The molecule has 128 valence electrons. The number of carbonyl (C=O) groups is 2. The van der Waals surface area contributed by atoms with Crippen LogP contribution in [0, 0.1) is 5.92 Å². The van der Waals surface area contributed by atoms with Gasteiger partial charge in [-0.3, -0.25) is 0 Å². The number of esters is 1. The van der Waals surface area contributed by atoms with E-state index >= 15 is 0 Å². The molecule has 0 bridgehead atoms. The molecule has 0 saturated heterocycles. The van der Waals surface area contributed by atoms with Gasteiger partial charge in [0, 0.05) is 4.47 Å². The molecule has 1 rings (SSSR count). The van der Waals surface area contributed by atoms with Gasteiger partial charge in [0.05, 0.1) is 0 Å². The number of ether oxygens (including phenoxy) is 2. The van der Waals surface area contributed by atoms with E-state index in [1.165, 1.54) is 0 Å². The summed E-state index contributed by atoms with van der Waals surface area (Å²) in [4.78, 5) is 24.1. The monoisotopic (exact) mass is 385 g/mol. The maximum absolute atomic E-state index is 12.2. The summed E-state index contributed by atoms with van der Waals surface area (Å²) in [5.74, 6) is -0.589. The fourth-order valence-corrected chi connectivity index (χ4v) is 2.02. The van der Waals surface area contributed by atoms with Crippen LogP contribution in [-0.4, -0.2) is 23.7 Å². The van der Waals surface area contributed by atoms with Gasteiger partial charge in [0.2, 0.25) is 0 Å². The van der Waals surface area contributed by atoms with Gasteiger partial charge < -0.3 is 14.8 Å². The number of hydrogen-bond acceptors (Lipinski definition) is 4. The van der Waals surface area contributed by atoms with Crippen LogP contribution in [0.15, 0.2) is 28.7 Å². The standard InChI is InChI=1S/C17H24BrNO4/c1-11(2)14(19-16(21)23-17(3,4)5)15(20)22-10-12-6-8-13(18)9-7-12/h6-9,11,14H,10H2,1-5H3,(H,19,21). The molecule has 1 aromatic rings. The van der Waals surface area contributed by atoms with E-state index in [1.54, 1.807) is 20.8 Å². The fraction of sp³-hybridized carbons (Fsp3) is 0.529. The third kappa shape index (κ3) is 7.50. The molecule has 0 aromatic heterocycles. The molecule has 1 N–H and O–H groups in total. The van der Waals surface area contributed by atoms with Gasteiger partial charge in [0.1, 0.15) is 18.2 Å². The van der Waals surface area contributed by atoms with Crippen molar-refractivity contribution in [2.75, 3.05) is 0 Å². The molecular formula is C17H24BrNO4. The van der Waals surface area contributed by atoms with Gasteiger partial charge in [-0.05, 0) is 44.4 Å². The Hall–Kier alpha value is -1.56. The number of rotatable bonds is 5. The quantitative estimate of drug-likeness (QED) is 0.776. The van der Waals surface area contributed by atoms with Gasteiger partial charge in [0.15, 0.2) is 0 Å². The Kier molecular flexibility index (Phi) is 7.06. The maximum atomic E-state index is 12.2. The second-order valence-electron chi connectivity index (χ2n) is 6.60. The fourth-order valence-electron chi connectivity index (χ4n) is 1.76. The van der Waals surface area contributed by atoms with Crippen molar-refractivity contribution in [3.05, 3.63) is 34.3 Å². The number of amides is 1. The lowest BCUT2D eigenvalue weighted by Gasteiger charge is -2.24. The van der Waals surface area contributed by atoms with Crippen LogP contribution >= 0.6 is 15.9 Å². The van der Waals surface area contributed by atoms with Crippen molar-refractivity contribution in [2.24, 2.45) is 5.92 Å². The minimum absolute atomic E-state index is 0.111. The Balaban J connectivity index is 2.60. The summed E-state index contributed by atoms with van der Waals surface area (Å²) in [5, 5.41) is 2.57. The van der Waals surface area contributed by atoms with Crippen molar-refractivity contribution in [1.82, 2.24) is 5.32 Å². The molecule has 1 unspecified atom stereocenters. The molecule has 0 aliphatic rings. The molecule has 0 fully saturated rings. The summed E-state index contributed by atoms with van der Waals surface area (Å²) in [6.45, 7) is 9.13. The molecule has 0 aliphatic heterocycles. The zero-order chi connectivity index (χ0) is 17.6. The van der Waals surface area contributed by atoms with E-state index in [4.69, 9.17) is 9.47 Å². The average Bonchev–Trinajstić information content (AvgIpc) is 2.41. The van der Waals surface area contributed by atoms with Gasteiger partial charge in [-0.2, -0.15) is 0 Å². The number of alkyl carbamates (subject to hydrolysis) is 1. The van der Waals surface area contributed by atoms with E-state index in [0.717, 1.165) is 10.0 Å². The third-order valence-corrected chi connectivity index (χ3v) is 3.42. The Morgan fingerprint density at radius 2 is 1.74 bits per heavy atom. The molecule has 0 heterocycles. The molecule has 5 nitrogen and oxygen atoms in total. The Morgan fingerprint density at radius 3 is 2.22 bits per heavy atom. The molecule has 0 spiro atoms. The van der Waals surface area contributed by atoms with Crippen LogP contribution < -0.4 is 5.32 Å². The predicted molar refractivity (Wildman–Crippen MR) is 91.9 cm³/mol. The Bertz CT molecular complexity index is 535. The first-order chi connectivity index (χ1) is 10.6. The predicted octanol–water partition coefficient (Wildman–Crippen LogP) is 4.04. The highest BCUT2D eigenvalue weighted by atomic mass is 79.9. The summed E-state index contributed by atoms with van der Waals surface area (Å²) >= 11 is 3.35. The van der Waals surface area contributed by atoms with Crippen LogP contribution in [0.1, 0.15) is 40.2 Å². The topological polar surface area (TPSA) is 64.6 Å². The molecule has 0 radical (unpaired) electrons. The smallest absolute Gasteiger partial charge is 0.408 e. The van der Waals surface area contributed by atoms with Crippen LogP contribution in [0.4, 0.5) is 4.79 Å². The van der Waals surface area contributed by atoms with E-state index in [0.29, 0.717) is 0 Å². The zero-order valence-electron chi connectivity index (χ0n) is 14.2. The first-order valence-electron chi connectivity index (χ1n) is 7.49. The van der Waals surface area contributed by atoms with Crippen molar-refractivity contribution in [3.63, 3.8) is 0 Å². The minimum Gasteiger partial charge on any atom is -0.459 e. The Morgan fingerprint density at radius 1 is 1.17 bits per heavy atom. The van der Waals surface area contributed by atoms with E-state index in [-0.39, 0.29) is 12.5 Å². The lowest BCUT2D eigenvalue weighted by Crippen LogP contribution is -2.47. The zero-order valence-corrected chi connectivity index (χ0v) is 15.8. The number of nitrogens with one attached hydrogen (secondary N) is 1. The summed E-state index contributed by atoms with van der Waals surface area (Å²) in [7, 11) is 0. The first-order valence-corrected chi connectivity index (χ1v) is 8.28. The summed E-state index contributed by atoms with van der Waals surface area (Å²) in [5.41, 5.74) is 0.258. The van der Waals surface area contributed by atoms with Gasteiger partial charge in [0.25, 0.3) is 0 Å². The van der Waals surface area contributed by atoms with Gasteiger partial charge in [-0.25, -0.2) is 9.59 Å². The van der Waals surface area contributed by atoms with E-state index in [2.05, 4.69) is 21.2 Å². The number of benzene rings is 1. The number of hydrogen-bond donors (Lipinski definition) is 1. The minimum atomic E-state index is -0.750. The van der Waals surface area contributed by atoms with Crippen LogP contribution in [-0.2, 0) is 20.9 Å². The normalized spacial score (nSPS) is 12.7. The van der Waals surface area contributed by atoms with Crippen LogP contribution in [0.25, 0.3) is 0 Å². The van der Waals surface area contributed by atoms with E-state index in [9.17, 15) is 9.59 Å². The summed E-state index contributed by atoms with van der Waals surface area (Å²) in [6.07, 6.45) is -0.628. The summed E-state index contributed by atoms with van der Waals surface area (Å²) in [6, 6.07) is 6.73. The molecule has 0 aliphatic carbocycles. The van der Waals surface area contributed by atoms with Gasteiger partial charge in [-0.15, -0.1) is 0 Å². The number of carbonyl (C=O) groups excluding carboxylic acids is 2. The molecule has 23 heavy (non-hydrogen) atoms. The lowest BCUT2D eigenvalue weighted by atomic mass is 10.1. The lowest BCUT2D eigenvalue weighted by molar-refractivity contribution is -0.148.